The predicted octanol–water partition coefficient (Wildman–Crippen LogP) is 4.50. The number of anilines is 3. The van der Waals surface area contributed by atoms with E-state index in [4.69, 9.17) is 4.74 Å². The van der Waals surface area contributed by atoms with E-state index in [0.717, 1.165) is 27.8 Å². The van der Waals surface area contributed by atoms with Crippen LogP contribution in [-0.2, 0) is 4.79 Å². The summed E-state index contributed by atoms with van der Waals surface area (Å²) in [4.78, 5) is 31.0. The van der Waals surface area contributed by atoms with Gasteiger partial charge in [0, 0.05) is 42.3 Å². The molecule has 0 aliphatic rings. The Hall–Kier alpha value is -4.97. The number of aromatic nitrogens is 5. The van der Waals surface area contributed by atoms with E-state index < -0.39 is 0 Å². The number of hydrogen-bond acceptors (Lipinski definition) is 7. The zero-order chi connectivity index (χ0) is 24.4. The second-order valence-corrected chi connectivity index (χ2v) is 7.79. The van der Waals surface area contributed by atoms with Crippen molar-refractivity contribution < 1.29 is 9.53 Å². The van der Waals surface area contributed by atoms with E-state index in [-0.39, 0.29) is 5.91 Å². The molecule has 0 aliphatic heterocycles. The van der Waals surface area contributed by atoms with Gasteiger partial charge in [-0.25, -0.2) is 19.9 Å². The Morgan fingerprint density at radius 2 is 1.97 bits per heavy atom. The predicted molar refractivity (Wildman–Crippen MR) is 134 cm³/mol. The highest BCUT2D eigenvalue weighted by atomic mass is 16.5. The Labute approximate surface area is 201 Å². The Morgan fingerprint density at radius 3 is 2.80 bits per heavy atom. The highest BCUT2D eigenvalue weighted by Crippen LogP contribution is 2.30. The van der Waals surface area contributed by atoms with Gasteiger partial charge < -0.3 is 15.0 Å². The van der Waals surface area contributed by atoms with Crippen LogP contribution in [0.5, 0.6) is 11.6 Å². The summed E-state index contributed by atoms with van der Waals surface area (Å²) in [5.74, 6) is 6.68. The molecular weight excluding hydrogens is 442 g/mol. The molecular formula is C26H21N7O2. The van der Waals surface area contributed by atoms with Crippen molar-refractivity contribution in [1.29, 1.82) is 0 Å². The summed E-state index contributed by atoms with van der Waals surface area (Å²) in [7, 11) is 1.69. The molecule has 0 saturated carbocycles. The third kappa shape index (κ3) is 4.45. The van der Waals surface area contributed by atoms with E-state index in [0.29, 0.717) is 23.1 Å². The molecule has 0 aliphatic carbocycles. The van der Waals surface area contributed by atoms with Crippen molar-refractivity contribution >= 4 is 39.6 Å². The Bertz CT molecular complexity index is 1630. The summed E-state index contributed by atoms with van der Waals surface area (Å²) in [5.41, 5.74) is 3.96. The van der Waals surface area contributed by atoms with Crippen LogP contribution in [0.25, 0.3) is 16.6 Å². The third-order valence-corrected chi connectivity index (χ3v) is 5.46. The number of ether oxygens (including phenoxy) is 1. The average Bonchev–Trinajstić information content (AvgIpc) is 3.33. The summed E-state index contributed by atoms with van der Waals surface area (Å²) >= 11 is 0. The minimum atomic E-state index is -0.286. The van der Waals surface area contributed by atoms with E-state index >= 15 is 0 Å². The number of nitrogens with zero attached hydrogens (tertiary/aromatic N) is 6. The van der Waals surface area contributed by atoms with E-state index in [1.165, 1.54) is 11.2 Å². The number of benzene rings is 2. The monoisotopic (exact) mass is 463 g/mol. The molecule has 0 spiro atoms. The lowest BCUT2D eigenvalue weighted by atomic mass is 10.1. The minimum absolute atomic E-state index is 0.286. The molecule has 1 N–H and O–H groups in total. The van der Waals surface area contributed by atoms with Crippen molar-refractivity contribution in [2.24, 2.45) is 0 Å². The van der Waals surface area contributed by atoms with Gasteiger partial charge in [-0.05, 0) is 61.7 Å². The molecule has 0 unspecified atom stereocenters. The van der Waals surface area contributed by atoms with E-state index in [1.54, 1.807) is 32.6 Å². The SMILES string of the molecule is CC#CC(=O)N(C)c1ccc2ncnc(Nc3ccc(Oc4cc5nccn5cn4)c(C)c3)c2c1. The maximum Gasteiger partial charge on any atom is 0.302 e. The molecule has 35 heavy (non-hydrogen) atoms. The second-order valence-electron chi connectivity index (χ2n) is 7.79. The Morgan fingerprint density at radius 1 is 1.09 bits per heavy atom. The van der Waals surface area contributed by atoms with Gasteiger partial charge in [-0.15, -0.1) is 0 Å². The number of imidazole rings is 1. The highest BCUT2D eigenvalue weighted by molar-refractivity contribution is 6.06. The zero-order valence-corrected chi connectivity index (χ0v) is 19.4. The molecule has 3 aromatic heterocycles. The molecule has 9 nitrogen and oxygen atoms in total. The number of carbonyl (C=O) groups is 1. The van der Waals surface area contributed by atoms with Gasteiger partial charge in [0.05, 0.1) is 5.52 Å². The molecule has 5 rings (SSSR count). The average molecular weight is 464 g/mol. The van der Waals surface area contributed by atoms with Crippen molar-refractivity contribution in [3.05, 3.63) is 73.1 Å². The van der Waals surface area contributed by atoms with Gasteiger partial charge in [0.15, 0.2) is 0 Å². The van der Waals surface area contributed by atoms with Crippen molar-refractivity contribution in [3.63, 3.8) is 0 Å². The normalized spacial score (nSPS) is 10.6. The van der Waals surface area contributed by atoms with Crippen LogP contribution < -0.4 is 15.0 Å². The summed E-state index contributed by atoms with van der Waals surface area (Å²) in [6.07, 6.45) is 6.70. The van der Waals surface area contributed by atoms with Gasteiger partial charge in [-0.3, -0.25) is 9.20 Å². The first-order valence-electron chi connectivity index (χ1n) is 10.8. The first-order valence-corrected chi connectivity index (χ1v) is 10.8. The molecule has 1 amide bonds. The van der Waals surface area contributed by atoms with Gasteiger partial charge in [0.1, 0.15) is 29.9 Å². The van der Waals surface area contributed by atoms with E-state index in [2.05, 4.69) is 37.1 Å². The fourth-order valence-electron chi connectivity index (χ4n) is 3.61. The third-order valence-electron chi connectivity index (χ3n) is 5.46. The summed E-state index contributed by atoms with van der Waals surface area (Å²) in [6, 6.07) is 13.1. The van der Waals surface area contributed by atoms with Crippen LogP contribution in [0.15, 0.2) is 67.5 Å². The molecule has 2 aromatic carbocycles. The number of carbonyl (C=O) groups excluding carboxylic acids is 1. The van der Waals surface area contributed by atoms with Crippen molar-refractivity contribution in [1.82, 2.24) is 24.3 Å². The molecule has 5 aromatic rings. The van der Waals surface area contributed by atoms with Crippen LogP contribution in [0.2, 0.25) is 0 Å². The fraction of sp³-hybridized carbons (Fsp3) is 0.115. The van der Waals surface area contributed by atoms with Crippen LogP contribution >= 0.6 is 0 Å². The van der Waals surface area contributed by atoms with Crippen LogP contribution in [-0.4, -0.2) is 37.3 Å². The standard InChI is InChI=1S/C26H21N7O2/c1-4-5-25(34)32(3)19-7-8-21-20(13-19)26(29-15-28-21)31-18-6-9-22(17(2)12-18)35-24-14-23-27-10-11-33(23)16-30-24/h6-16H,1-3H3,(H,28,29,31). The van der Waals surface area contributed by atoms with Gasteiger partial charge in [-0.2, -0.15) is 0 Å². The van der Waals surface area contributed by atoms with Crippen molar-refractivity contribution in [2.75, 3.05) is 17.3 Å². The lowest BCUT2D eigenvalue weighted by Gasteiger charge is -2.16. The molecule has 9 heteroatoms. The molecule has 0 saturated heterocycles. The van der Waals surface area contributed by atoms with Gasteiger partial charge in [0.2, 0.25) is 5.88 Å². The maximum atomic E-state index is 12.2. The van der Waals surface area contributed by atoms with E-state index in [9.17, 15) is 4.79 Å². The molecule has 3 heterocycles. The van der Waals surface area contributed by atoms with Crippen LogP contribution in [0.3, 0.4) is 0 Å². The minimum Gasteiger partial charge on any atom is -0.439 e. The number of nitrogens with one attached hydrogen (secondary N) is 1. The molecule has 0 bridgehead atoms. The second kappa shape index (κ2) is 9.11. The summed E-state index contributed by atoms with van der Waals surface area (Å²) in [5, 5.41) is 4.13. The quantitative estimate of drug-likeness (QED) is 0.383. The number of amides is 1. The molecule has 172 valence electrons. The van der Waals surface area contributed by atoms with Crippen LogP contribution in [0, 0.1) is 18.8 Å². The van der Waals surface area contributed by atoms with Crippen molar-refractivity contribution in [2.45, 2.75) is 13.8 Å². The smallest absolute Gasteiger partial charge is 0.302 e. The Kier molecular flexibility index (Phi) is 5.69. The number of hydrogen-bond donors (Lipinski definition) is 1. The first-order chi connectivity index (χ1) is 17.0. The number of fused-ring (bicyclic) bond motifs is 2. The van der Waals surface area contributed by atoms with Gasteiger partial charge in [0.25, 0.3) is 0 Å². The number of rotatable bonds is 5. The molecule has 0 radical (unpaired) electrons. The highest BCUT2D eigenvalue weighted by Gasteiger charge is 2.12. The topological polar surface area (TPSA) is 97.5 Å². The summed E-state index contributed by atoms with van der Waals surface area (Å²) in [6.45, 7) is 3.59. The Balaban J connectivity index is 1.41. The largest absolute Gasteiger partial charge is 0.439 e. The molecule has 0 fully saturated rings. The lowest BCUT2D eigenvalue weighted by molar-refractivity contribution is -0.113. The number of aryl methyl sites for hydroxylation is 1. The summed E-state index contributed by atoms with van der Waals surface area (Å²) < 4.78 is 7.79. The first kappa shape index (κ1) is 21.9. The zero-order valence-electron chi connectivity index (χ0n) is 19.4. The van der Waals surface area contributed by atoms with Crippen LogP contribution in [0.4, 0.5) is 17.2 Å². The van der Waals surface area contributed by atoms with Gasteiger partial charge in [-0.1, -0.05) is 5.92 Å². The maximum absolute atomic E-state index is 12.2. The molecule has 0 atom stereocenters. The lowest BCUT2D eigenvalue weighted by Crippen LogP contribution is -2.24. The van der Waals surface area contributed by atoms with E-state index in [1.807, 2.05) is 53.9 Å². The van der Waals surface area contributed by atoms with Crippen LogP contribution in [0.1, 0.15) is 12.5 Å². The fourth-order valence-corrected chi connectivity index (χ4v) is 3.61. The van der Waals surface area contributed by atoms with Crippen molar-refractivity contribution in [3.8, 4) is 23.5 Å². The van der Waals surface area contributed by atoms with Gasteiger partial charge >= 0.3 is 5.91 Å².